The summed E-state index contributed by atoms with van der Waals surface area (Å²) < 4.78 is 0. The number of allylic oxidation sites excluding steroid dienone is 1. The average molecular weight is 294 g/mol. The van der Waals surface area contributed by atoms with Gasteiger partial charge in [0.05, 0.1) is 0 Å². The Bertz CT molecular complexity index is 682. The second-order valence-electron chi connectivity index (χ2n) is 7.36. The first kappa shape index (κ1) is 12.9. The maximum absolute atomic E-state index is 12.0. The van der Waals surface area contributed by atoms with Crippen molar-refractivity contribution in [2.24, 2.45) is 11.8 Å². The molecule has 1 spiro atoms. The van der Waals surface area contributed by atoms with E-state index in [1.807, 2.05) is 0 Å². The molecule has 1 aromatic carbocycles. The summed E-state index contributed by atoms with van der Waals surface area (Å²) in [6.45, 7) is 4.35. The zero-order valence-electron chi connectivity index (χ0n) is 13.0. The van der Waals surface area contributed by atoms with Crippen LogP contribution in [-0.2, 0) is 10.2 Å². The van der Waals surface area contributed by atoms with E-state index >= 15 is 0 Å². The summed E-state index contributed by atoms with van der Waals surface area (Å²) in [4.78, 5) is 14.7. The number of para-hydroxylation sites is 1. The van der Waals surface area contributed by atoms with Gasteiger partial charge in [0.2, 0.25) is 0 Å². The molecule has 0 aromatic heterocycles. The van der Waals surface area contributed by atoms with Crippen molar-refractivity contribution in [3.63, 3.8) is 0 Å². The third-order valence-corrected chi connectivity index (χ3v) is 6.86. The number of nitrogens with one attached hydrogen (secondary N) is 1. The second-order valence-corrected chi connectivity index (χ2v) is 7.36. The summed E-state index contributed by atoms with van der Waals surface area (Å²) in [5.41, 5.74) is 4.34. The monoisotopic (exact) mass is 294 g/mol. The Morgan fingerprint density at radius 2 is 2.23 bits per heavy atom. The van der Waals surface area contributed by atoms with Crippen molar-refractivity contribution in [2.45, 2.75) is 37.3 Å². The van der Waals surface area contributed by atoms with Crippen molar-refractivity contribution >= 4 is 12.0 Å². The zero-order chi connectivity index (χ0) is 14.9. The Morgan fingerprint density at radius 3 is 3.05 bits per heavy atom. The lowest BCUT2D eigenvalue weighted by atomic mass is 9.56. The zero-order valence-corrected chi connectivity index (χ0v) is 13.0. The molecule has 5 atom stereocenters. The molecular weight excluding hydrogens is 272 g/mol. The van der Waals surface area contributed by atoms with Crippen LogP contribution in [0.1, 0.15) is 25.3 Å². The van der Waals surface area contributed by atoms with E-state index in [0.717, 1.165) is 19.5 Å². The second kappa shape index (κ2) is 4.23. The molecule has 114 valence electrons. The van der Waals surface area contributed by atoms with Crippen LogP contribution >= 0.6 is 0 Å². The van der Waals surface area contributed by atoms with Crippen molar-refractivity contribution in [3.05, 3.63) is 41.5 Å². The number of fused-ring (bicyclic) bond motifs is 2. The fourth-order valence-electron chi connectivity index (χ4n) is 5.98. The van der Waals surface area contributed by atoms with E-state index in [1.165, 1.54) is 29.5 Å². The molecule has 5 rings (SSSR count). The van der Waals surface area contributed by atoms with Gasteiger partial charge in [0.1, 0.15) is 6.29 Å². The molecule has 3 heterocycles. The summed E-state index contributed by atoms with van der Waals surface area (Å²) in [6.07, 6.45) is 5.82. The molecule has 2 bridgehead atoms. The van der Waals surface area contributed by atoms with Crippen LogP contribution < -0.4 is 5.32 Å². The van der Waals surface area contributed by atoms with Crippen LogP contribution in [0, 0.1) is 11.8 Å². The molecule has 22 heavy (non-hydrogen) atoms. The van der Waals surface area contributed by atoms with Gasteiger partial charge < -0.3 is 10.1 Å². The molecule has 3 fully saturated rings. The molecule has 0 amide bonds. The third-order valence-electron chi connectivity index (χ3n) is 6.86. The van der Waals surface area contributed by atoms with Crippen LogP contribution in [0.25, 0.3) is 0 Å². The fraction of sp³-hybridized carbons (Fsp3) is 0.526. The lowest BCUT2D eigenvalue weighted by Gasteiger charge is -2.53. The number of carbonyl (C=O) groups is 1. The van der Waals surface area contributed by atoms with Crippen LogP contribution in [0.4, 0.5) is 5.69 Å². The Morgan fingerprint density at radius 1 is 1.36 bits per heavy atom. The average Bonchev–Trinajstić information content (AvgIpc) is 3.11. The van der Waals surface area contributed by atoms with Gasteiger partial charge >= 0.3 is 0 Å². The van der Waals surface area contributed by atoms with Crippen molar-refractivity contribution in [3.8, 4) is 0 Å². The van der Waals surface area contributed by atoms with Gasteiger partial charge in [0, 0.05) is 35.6 Å². The normalized spacial score (nSPS) is 43.6. The minimum absolute atomic E-state index is 0.107. The lowest BCUT2D eigenvalue weighted by Crippen LogP contribution is -2.62. The number of piperidine rings is 1. The quantitative estimate of drug-likeness (QED) is 0.638. The van der Waals surface area contributed by atoms with E-state index in [0.29, 0.717) is 12.0 Å². The standard InChI is InChI=1S/C19H22N2O/c1-2-12-10-21-8-7-19-15-5-3-4-6-16(15)20-18(19)14(11-22)13(12)9-17(19)21/h2-6,11,13-14,17-18,20H,7-10H2,1H3. The molecule has 1 aromatic rings. The lowest BCUT2D eigenvalue weighted by molar-refractivity contribution is -0.115. The first-order valence-corrected chi connectivity index (χ1v) is 8.50. The highest BCUT2D eigenvalue weighted by Gasteiger charge is 2.65. The van der Waals surface area contributed by atoms with Gasteiger partial charge in [-0.2, -0.15) is 0 Å². The summed E-state index contributed by atoms with van der Waals surface area (Å²) >= 11 is 0. The van der Waals surface area contributed by atoms with Gasteiger partial charge in [-0.15, -0.1) is 0 Å². The maximum Gasteiger partial charge on any atom is 0.125 e. The first-order chi connectivity index (χ1) is 10.8. The van der Waals surface area contributed by atoms with Crippen LogP contribution in [0.3, 0.4) is 0 Å². The number of hydrogen-bond acceptors (Lipinski definition) is 3. The summed E-state index contributed by atoms with van der Waals surface area (Å²) in [5, 5.41) is 3.74. The molecule has 0 radical (unpaired) electrons. The van der Waals surface area contributed by atoms with Crippen LogP contribution in [0.15, 0.2) is 35.9 Å². The molecule has 3 heteroatoms. The Hall–Kier alpha value is -1.61. The minimum Gasteiger partial charge on any atom is -0.380 e. The predicted octanol–water partition coefficient (Wildman–Crippen LogP) is 2.59. The molecule has 1 saturated carbocycles. The molecule has 3 nitrogen and oxygen atoms in total. The highest BCUT2D eigenvalue weighted by atomic mass is 16.1. The van der Waals surface area contributed by atoms with Gasteiger partial charge in [0.15, 0.2) is 0 Å². The highest BCUT2D eigenvalue weighted by Crippen LogP contribution is 2.60. The van der Waals surface area contributed by atoms with Gasteiger partial charge in [-0.25, -0.2) is 0 Å². The SMILES string of the molecule is CC=C1CN2CCC34c5ccccc5NC3C(C=O)C1CC24. The van der Waals surface area contributed by atoms with Crippen molar-refractivity contribution in [1.29, 1.82) is 0 Å². The minimum atomic E-state index is 0.107. The van der Waals surface area contributed by atoms with E-state index in [4.69, 9.17) is 0 Å². The Balaban J connectivity index is 1.72. The third kappa shape index (κ3) is 1.30. The van der Waals surface area contributed by atoms with Crippen molar-refractivity contribution in [1.82, 2.24) is 4.90 Å². The van der Waals surface area contributed by atoms with Gasteiger partial charge in [-0.05, 0) is 43.9 Å². The summed E-state index contributed by atoms with van der Waals surface area (Å²) in [6, 6.07) is 9.60. The van der Waals surface area contributed by atoms with Crippen molar-refractivity contribution < 1.29 is 4.79 Å². The predicted molar refractivity (Wildman–Crippen MR) is 86.9 cm³/mol. The molecule has 3 aliphatic heterocycles. The van der Waals surface area contributed by atoms with Crippen LogP contribution in [0.5, 0.6) is 0 Å². The highest BCUT2D eigenvalue weighted by molar-refractivity contribution is 5.70. The molecule has 4 aliphatic rings. The van der Waals surface area contributed by atoms with Crippen LogP contribution in [0.2, 0.25) is 0 Å². The molecular formula is C19H22N2O. The van der Waals surface area contributed by atoms with Crippen LogP contribution in [-0.4, -0.2) is 36.4 Å². The maximum atomic E-state index is 12.0. The van der Waals surface area contributed by atoms with Crippen molar-refractivity contribution in [2.75, 3.05) is 18.4 Å². The summed E-state index contributed by atoms with van der Waals surface area (Å²) in [7, 11) is 0. The van der Waals surface area contributed by atoms with Gasteiger partial charge in [-0.3, -0.25) is 4.90 Å². The molecule has 1 N–H and O–H groups in total. The Labute approximate surface area is 131 Å². The topological polar surface area (TPSA) is 32.3 Å². The largest absolute Gasteiger partial charge is 0.380 e. The van der Waals surface area contributed by atoms with E-state index in [-0.39, 0.29) is 17.4 Å². The first-order valence-electron chi connectivity index (χ1n) is 8.50. The number of hydrogen-bond donors (Lipinski definition) is 1. The van der Waals surface area contributed by atoms with Gasteiger partial charge in [-0.1, -0.05) is 29.8 Å². The summed E-state index contributed by atoms with van der Waals surface area (Å²) in [5.74, 6) is 0.539. The molecule has 5 unspecified atom stereocenters. The molecule has 1 aliphatic carbocycles. The number of benzene rings is 1. The molecule has 2 saturated heterocycles. The number of aldehydes is 1. The van der Waals surface area contributed by atoms with E-state index < -0.39 is 0 Å². The number of nitrogens with zero attached hydrogens (tertiary/aromatic N) is 1. The van der Waals surface area contributed by atoms with E-state index in [9.17, 15) is 4.79 Å². The van der Waals surface area contributed by atoms with E-state index in [2.05, 4.69) is 47.5 Å². The number of carbonyl (C=O) groups excluding carboxylic acids is 1. The Kier molecular flexibility index (Phi) is 2.48. The smallest absolute Gasteiger partial charge is 0.125 e. The number of rotatable bonds is 1. The van der Waals surface area contributed by atoms with E-state index in [1.54, 1.807) is 0 Å². The fourth-order valence-corrected chi connectivity index (χ4v) is 5.98. The van der Waals surface area contributed by atoms with Gasteiger partial charge in [0.25, 0.3) is 0 Å². The number of anilines is 1.